The molecule has 1 fully saturated rings. The Bertz CT molecular complexity index is 1320. The molecule has 0 atom stereocenters. The first-order valence-electron chi connectivity index (χ1n) is 10.6. The SMILES string of the molecule is Cc1cccc(-c2nccc(Nc3ccnc(Nc4nc(CN5CC(C(=O)O)C5)cs4)n3)n2)n1. The lowest BCUT2D eigenvalue weighted by atomic mass is 10.0. The minimum Gasteiger partial charge on any atom is -0.481 e. The third-order valence-corrected chi connectivity index (χ3v) is 5.95. The number of aryl methyl sites for hydroxylation is 1. The third-order valence-electron chi connectivity index (χ3n) is 5.15. The zero-order valence-electron chi connectivity index (χ0n) is 18.2. The van der Waals surface area contributed by atoms with Gasteiger partial charge in [-0.15, -0.1) is 11.3 Å². The van der Waals surface area contributed by atoms with Gasteiger partial charge < -0.3 is 10.4 Å². The van der Waals surface area contributed by atoms with Gasteiger partial charge in [-0.2, -0.15) is 4.98 Å². The molecule has 172 valence electrons. The molecule has 0 aliphatic carbocycles. The number of hydrogen-bond donors (Lipinski definition) is 3. The van der Waals surface area contributed by atoms with E-state index in [1.165, 1.54) is 11.3 Å². The summed E-state index contributed by atoms with van der Waals surface area (Å²) >= 11 is 1.45. The first-order chi connectivity index (χ1) is 16.5. The van der Waals surface area contributed by atoms with E-state index in [4.69, 9.17) is 5.11 Å². The van der Waals surface area contributed by atoms with Gasteiger partial charge >= 0.3 is 5.97 Å². The summed E-state index contributed by atoms with van der Waals surface area (Å²) in [5, 5.41) is 17.9. The molecule has 0 spiro atoms. The van der Waals surface area contributed by atoms with Gasteiger partial charge in [0.25, 0.3) is 0 Å². The van der Waals surface area contributed by atoms with Gasteiger partial charge in [-0.3, -0.25) is 15.0 Å². The summed E-state index contributed by atoms with van der Waals surface area (Å²) in [5.41, 5.74) is 2.47. The molecule has 0 aromatic carbocycles. The van der Waals surface area contributed by atoms with E-state index in [0.717, 1.165) is 11.4 Å². The number of likely N-dealkylation sites (tertiary alicyclic amines) is 1. The molecule has 0 unspecified atom stereocenters. The van der Waals surface area contributed by atoms with Crippen molar-refractivity contribution < 1.29 is 9.90 Å². The fraction of sp³-hybridized carbons (Fsp3) is 0.227. The highest BCUT2D eigenvalue weighted by Crippen LogP contribution is 2.24. The van der Waals surface area contributed by atoms with E-state index >= 15 is 0 Å². The van der Waals surface area contributed by atoms with E-state index in [1.54, 1.807) is 24.5 Å². The Morgan fingerprint density at radius 3 is 2.65 bits per heavy atom. The predicted octanol–water partition coefficient (Wildman–Crippen LogP) is 3.10. The van der Waals surface area contributed by atoms with Gasteiger partial charge in [0.05, 0.1) is 11.6 Å². The molecular weight excluding hydrogens is 454 g/mol. The number of hydrogen-bond acceptors (Lipinski definition) is 11. The second-order valence-corrected chi connectivity index (χ2v) is 8.68. The first-order valence-corrected chi connectivity index (χ1v) is 11.4. The van der Waals surface area contributed by atoms with Crippen LogP contribution >= 0.6 is 11.3 Å². The number of rotatable bonds is 8. The second kappa shape index (κ2) is 9.45. The van der Waals surface area contributed by atoms with Crippen molar-refractivity contribution in [2.75, 3.05) is 23.7 Å². The average Bonchev–Trinajstić information content (AvgIpc) is 3.23. The number of aliphatic carboxylic acids is 1. The number of carboxylic acids is 1. The van der Waals surface area contributed by atoms with E-state index in [0.29, 0.717) is 53.9 Å². The number of carboxylic acid groups (broad SMARTS) is 1. The Morgan fingerprint density at radius 2 is 1.85 bits per heavy atom. The molecule has 3 N–H and O–H groups in total. The summed E-state index contributed by atoms with van der Waals surface area (Å²) in [6.45, 7) is 3.65. The van der Waals surface area contributed by atoms with E-state index in [9.17, 15) is 4.79 Å². The van der Waals surface area contributed by atoms with E-state index in [2.05, 4.69) is 45.4 Å². The van der Waals surface area contributed by atoms with Crippen LogP contribution in [0.5, 0.6) is 0 Å². The molecule has 4 aromatic heterocycles. The lowest BCUT2D eigenvalue weighted by molar-refractivity contribution is -0.147. The van der Waals surface area contributed by atoms with Crippen molar-refractivity contribution in [3.8, 4) is 11.5 Å². The van der Waals surface area contributed by atoms with Crippen LogP contribution in [0.25, 0.3) is 11.5 Å². The Morgan fingerprint density at radius 1 is 1.06 bits per heavy atom. The molecule has 34 heavy (non-hydrogen) atoms. The molecule has 0 radical (unpaired) electrons. The molecule has 12 heteroatoms. The van der Waals surface area contributed by atoms with Crippen molar-refractivity contribution in [3.05, 3.63) is 59.5 Å². The van der Waals surface area contributed by atoms with E-state index in [-0.39, 0.29) is 5.92 Å². The van der Waals surface area contributed by atoms with Crippen LogP contribution < -0.4 is 10.6 Å². The lowest BCUT2D eigenvalue weighted by Crippen LogP contribution is -2.49. The van der Waals surface area contributed by atoms with Gasteiger partial charge in [-0.05, 0) is 31.2 Å². The molecule has 1 aliphatic rings. The van der Waals surface area contributed by atoms with Gasteiger partial charge in [0, 0.05) is 43.1 Å². The highest BCUT2D eigenvalue weighted by atomic mass is 32.1. The molecule has 5 rings (SSSR count). The zero-order chi connectivity index (χ0) is 23.5. The maximum Gasteiger partial charge on any atom is 0.309 e. The van der Waals surface area contributed by atoms with Gasteiger partial charge in [0.1, 0.15) is 17.3 Å². The van der Waals surface area contributed by atoms with Gasteiger partial charge in [0.2, 0.25) is 5.95 Å². The molecule has 1 aliphatic heterocycles. The smallest absolute Gasteiger partial charge is 0.309 e. The fourth-order valence-electron chi connectivity index (χ4n) is 3.46. The van der Waals surface area contributed by atoms with Crippen LogP contribution in [0.4, 0.5) is 22.7 Å². The molecule has 5 heterocycles. The number of aromatic nitrogens is 6. The van der Waals surface area contributed by atoms with Crippen LogP contribution in [0.15, 0.2) is 48.1 Å². The number of thiazole rings is 1. The summed E-state index contributed by atoms with van der Waals surface area (Å²) < 4.78 is 0. The minimum absolute atomic E-state index is 0.279. The second-order valence-electron chi connectivity index (χ2n) is 7.82. The molecule has 1 saturated heterocycles. The normalized spacial score (nSPS) is 13.9. The lowest BCUT2D eigenvalue weighted by Gasteiger charge is -2.35. The quantitative estimate of drug-likeness (QED) is 0.346. The van der Waals surface area contributed by atoms with Gasteiger partial charge in [0.15, 0.2) is 11.0 Å². The van der Waals surface area contributed by atoms with E-state index in [1.807, 2.05) is 30.5 Å². The average molecular weight is 476 g/mol. The van der Waals surface area contributed by atoms with Crippen LogP contribution in [0.3, 0.4) is 0 Å². The predicted molar refractivity (Wildman–Crippen MR) is 127 cm³/mol. The highest BCUT2D eigenvalue weighted by Gasteiger charge is 2.32. The Hall–Kier alpha value is -4.03. The minimum atomic E-state index is -0.743. The Labute approximate surface area is 199 Å². The number of anilines is 4. The zero-order valence-corrected chi connectivity index (χ0v) is 19.0. The molecular formula is C22H21N9O2S. The summed E-state index contributed by atoms with van der Waals surface area (Å²) in [6.07, 6.45) is 3.31. The van der Waals surface area contributed by atoms with Crippen LogP contribution in [-0.2, 0) is 11.3 Å². The fourth-order valence-corrected chi connectivity index (χ4v) is 4.15. The van der Waals surface area contributed by atoms with Crippen LogP contribution in [0.1, 0.15) is 11.4 Å². The number of carbonyl (C=O) groups is 1. The van der Waals surface area contributed by atoms with Crippen LogP contribution in [0, 0.1) is 12.8 Å². The summed E-state index contributed by atoms with van der Waals surface area (Å²) in [7, 11) is 0. The third kappa shape index (κ3) is 5.13. The number of nitrogens with one attached hydrogen (secondary N) is 2. The van der Waals surface area contributed by atoms with Crippen LogP contribution in [0.2, 0.25) is 0 Å². The standard InChI is InChI=1S/C22H21N9O2S/c1-13-3-2-4-16(25-13)19-23-7-5-17(28-19)27-18-6-8-24-21(29-18)30-22-26-15(12-34-22)11-31-9-14(10-31)20(32)33/h2-8,12,14H,9-11H2,1H3,(H,32,33)(H2,23,24,26,27,28,29,30). The monoisotopic (exact) mass is 475 g/mol. The first kappa shape index (κ1) is 21.8. The van der Waals surface area contributed by atoms with Gasteiger partial charge in [-0.25, -0.2) is 24.9 Å². The van der Waals surface area contributed by atoms with Crippen molar-refractivity contribution in [1.29, 1.82) is 0 Å². The largest absolute Gasteiger partial charge is 0.481 e. The van der Waals surface area contributed by atoms with Crippen molar-refractivity contribution in [2.24, 2.45) is 5.92 Å². The van der Waals surface area contributed by atoms with Crippen molar-refractivity contribution in [2.45, 2.75) is 13.5 Å². The van der Waals surface area contributed by atoms with Crippen molar-refractivity contribution in [1.82, 2.24) is 34.8 Å². The molecule has 0 amide bonds. The summed E-state index contributed by atoms with van der Waals surface area (Å²) in [6, 6.07) is 9.21. The maximum atomic E-state index is 10.9. The number of pyridine rings is 1. The van der Waals surface area contributed by atoms with E-state index < -0.39 is 5.97 Å². The molecule has 0 saturated carbocycles. The van der Waals surface area contributed by atoms with Crippen molar-refractivity contribution in [3.63, 3.8) is 0 Å². The molecule has 4 aromatic rings. The number of nitrogens with zero attached hydrogens (tertiary/aromatic N) is 7. The van der Waals surface area contributed by atoms with Crippen LogP contribution in [-0.4, -0.2) is 59.0 Å². The Kier molecular flexibility index (Phi) is 6.06. The van der Waals surface area contributed by atoms with Crippen molar-refractivity contribution >= 4 is 40.0 Å². The summed E-state index contributed by atoms with van der Waals surface area (Å²) in [4.78, 5) is 39.6. The maximum absolute atomic E-state index is 10.9. The topological polar surface area (TPSA) is 142 Å². The summed E-state index contributed by atoms with van der Waals surface area (Å²) in [5.74, 6) is 1.05. The molecule has 11 nitrogen and oxygen atoms in total. The van der Waals surface area contributed by atoms with Gasteiger partial charge in [-0.1, -0.05) is 6.07 Å². The molecule has 0 bridgehead atoms. The Balaban J connectivity index is 1.22. The highest BCUT2D eigenvalue weighted by molar-refractivity contribution is 7.13.